The third-order valence-electron chi connectivity index (χ3n) is 3.56. The Balaban J connectivity index is 1.92. The van der Waals surface area contributed by atoms with Gasteiger partial charge in [-0.1, -0.05) is 24.6 Å². The van der Waals surface area contributed by atoms with Gasteiger partial charge >= 0.3 is 6.18 Å². The van der Waals surface area contributed by atoms with Crippen LogP contribution in [0.5, 0.6) is 0 Å². The molecule has 1 aromatic carbocycles. The summed E-state index contributed by atoms with van der Waals surface area (Å²) in [4.78, 5) is 0. The number of nitrogens with two attached hydrogens (primary N) is 1. The van der Waals surface area contributed by atoms with Crippen LogP contribution in [0.4, 0.5) is 13.2 Å². The number of rotatable bonds is 3. The predicted molar refractivity (Wildman–Crippen MR) is 68.5 cm³/mol. The number of alkyl halides is 3. The van der Waals surface area contributed by atoms with Gasteiger partial charge in [-0.25, -0.2) is 0 Å². The van der Waals surface area contributed by atoms with E-state index in [2.05, 4.69) is 5.32 Å². The van der Waals surface area contributed by atoms with Crippen molar-refractivity contribution in [2.45, 2.75) is 50.5 Å². The molecule has 0 saturated heterocycles. The second-order valence-corrected chi connectivity index (χ2v) is 5.20. The SMILES string of the molecule is NC1CCCC(NCc2cccc(C(F)(F)F)c2)C1. The van der Waals surface area contributed by atoms with Crippen LogP contribution in [0.25, 0.3) is 0 Å². The van der Waals surface area contributed by atoms with Crippen LogP contribution < -0.4 is 11.1 Å². The Bertz CT molecular complexity index is 417. The van der Waals surface area contributed by atoms with Gasteiger partial charge < -0.3 is 11.1 Å². The zero-order valence-electron chi connectivity index (χ0n) is 10.7. The Labute approximate surface area is 111 Å². The molecule has 0 heterocycles. The smallest absolute Gasteiger partial charge is 0.328 e. The maximum Gasteiger partial charge on any atom is 0.416 e. The Hall–Kier alpha value is -1.07. The second kappa shape index (κ2) is 5.92. The van der Waals surface area contributed by atoms with Gasteiger partial charge in [-0.3, -0.25) is 0 Å². The number of hydrogen-bond acceptors (Lipinski definition) is 2. The Morgan fingerprint density at radius 2 is 2.05 bits per heavy atom. The van der Waals surface area contributed by atoms with E-state index in [1.54, 1.807) is 6.07 Å². The van der Waals surface area contributed by atoms with Crippen LogP contribution in [0.1, 0.15) is 36.8 Å². The molecule has 5 heteroatoms. The van der Waals surface area contributed by atoms with Crippen LogP contribution in [0, 0.1) is 0 Å². The Morgan fingerprint density at radius 1 is 1.26 bits per heavy atom. The molecule has 3 N–H and O–H groups in total. The summed E-state index contributed by atoms with van der Waals surface area (Å²) in [5.74, 6) is 0. The highest BCUT2D eigenvalue weighted by Gasteiger charge is 2.30. The van der Waals surface area contributed by atoms with E-state index in [-0.39, 0.29) is 6.04 Å². The van der Waals surface area contributed by atoms with Crippen molar-refractivity contribution < 1.29 is 13.2 Å². The van der Waals surface area contributed by atoms with Crippen LogP contribution in [-0.4, -0.2) is 12.1 Å². The van der Waals surface area contributed by atoms with Crippen molar-refractivity contribution >= 4 is 0 Å². The van der Waals surface area contributed by atoms with Gasteiger partial charge in [0.05, 0.1) is 5.56 Å². The van der Waals surface area contributed by atoms with Gasteiger partial charge in [0.15, 0.2) is 0 Å². The van der Waals surface area contributed by atoms with Crippen molar-refractivity contribution in [3.05, 3.63) is 35.4 Å². The third kappa shape index (κ3) is 4.21. The summed E-state index contributed by atoms with van der Waals surface area (Å²) in [5.41, 5.74) is 5.96. The average Bonchev–Trinajstić information content (AvgIpc) is 2.36. The van der Waals surface area contributed by atoms with E-state index in [0.717, 1.165) is 31.7 Å². The highest BCUT2D eigenvalue weighted by Crippen LogP contribution is 2.29. The van der Waals surface area contributed by atoms with Crippen LogP contribution in [0.3, 0.4) is 0 Å². The van der Waals surface area contributed by atoms with E-state index in [1.807, 2.05) is 0 Å². The molecule has 2 atom stereocenters. The van der Waals surface area contributed by atoms with E-state index >= 15 is 0 Å². The van der Waals surface area contributed by atoms with Crippen LogP contribution >= 0.6 is 0 Å². The highest BCUT2D eigenvalue weighted by molar-refractivity contribution is 5.25. The van der Waals surface area contributed by atoms with Gasteiger partial charge in [0.2, 0.25) is 0 Å². The fourth-order valence-electron chi connectivity index (χ4n) is 2.53. The van der Waals surface area contributed by atoms with E-state index < -0.39 is 11.7 Å². The van der Waals surface area contributed by atoms with Gasteiger partial charge in [-0.05, 0) is 30.9 Å². The summed E-state index contributed by atoms with van der Waals surface area (Å²) >= 11 is 0. The predicted octanol–water partition coefficient (Wildman–Crippen LogP) is 3.06. The summed E-state index contributed by atoms with van der Waals surface area (Å²) in [7, 11) is 0. The molecule has 2 unspecified atom stereocenters. The lowest BCUT2D eigenvalue weighted by Gasteiger charge is -2.27. The third-order valence-corrected chi connectivity index (χ3v) is 3.56. The Kier molecular flexibility index (Phi) is 4.47. The van der Waals surface area contributed by atoms with Crippen LogP contribution in [0.15, 0.2) is 24.3 Å². The molecule has 1 aliphatic rings. The maximum absolute atomic E-state index is 12.6. The van der Waals surface area contributed by atoms with E-state index in [0.29, 0.717) is 18.2 Å². The lowest BCUT2D eigenvalue weighted by Crippen LogP contribution is -2.39. The summed E-state index contributed by atoms with van der Waals surface area (Å²) in [6.45, 7) is 0.460. The van der Waals surface area contributed by atoms with E-state index in [1.165, 1.54) is 12.1 Å². The van der Waals surface area contributed by atoms with E-state index in [9.17, 15) is 13.2 Å². The first kappa shape index (κ1) is 14.3. The topological polar surface area (TPSA) is 38.0 Å². The number of nitrogens with one attached hydrogen (secondary N) is 1. The van der Waals surface area contributed by atoms with E-state index in [4.69, 9.17) is 5.73 Å². The van der Waals surface area contributed by atoms with Gasteiger partial charge in [-0.2, -0.15) is 13.2 Å². The quantitative estimate of drug-likeness (QED) is 0.887. The summed E-state index contributed by atoms with van der Waals surface area (Å²) in [5, 5.41) is 3.30. The first-order chi connectivity index (χ1) is 8.95. The maximum atomic E-state index is 12.6. The monoisotopic (exact) mass is 272 g/mol. The van der Waals surface area contributed by atoms with Crippen LogP contribution in [-0.2, 0) is 12.7 Å². The fraction of sp³-hybridized carbons (Fsp3) is 0.571. The molecule has 1 saturated carbocycles. The molecule has 106 valence electrons. The summed E-state index contributed by atoms with van der Waals surface area (Å²) in [6, 6.07) is 6.00. The zero-order chi connectivity index (χ0) is 13.9. The zero-order valence-corrected chi connectivity index (χ0v) is 10.7. The molecule has 1 aromatic rings. The van der Waals surface area contributed by atoms with Crippen molar-refractivity contribution in [2.24, 2.45) is 5.73 Å². The number of halogens is 3. The lowest BCUT2D eigenvalue weighted by molar-refractivity contribution is -0.137. The largest absolute Gasteiger partial charge is 0.416 e. The molecule has 2 nitrogen and oxygen atoms in total. The molecule has 0 bridgehead atoms. The van der Waals surface area contributed by atoms with Gasteiger partial charge in [0, 0.05) is 18.6 Å². The standard InChI is InChI=1S/C14H19F3N2/c15-14(16,17)11-4-1-3-10(7-11)9-19-13-6-2-5-12(18)8-13/h1,3-4,7,12-13,19H,2,5-6,8-9,18H2. The van der Waals surface area contributed by atoms with Gasteiger partial charge in [-0.15, -0.1) is 0 Å². The van der Waals surface area contributed by atoms with Crippen molar-refractivity contribution in [3.63, 3.8) is 0 Å². The second-order valence-electron chi connectivity index (χ2n) is 5.20. The minimum absolute atomic E-state index is 0.216. The van der Waals surface area contributed by atoms with Crippen molar-refractivity contribution in [3.8, 4) is 0 Å². The molecule has 1 aliphatic carbocycles. The molecular formula is C14H19F3N2. The van der Waals surface area contributed by atoms with Crippen molar-refractivity contribution in [2.75, 3.05) is 0 Å². The molecular weight excluding hydrogens is 253 g/mol. The first-order valence-electron chi connectivity index (χ1n) is 6.60. The first-order valence-corrected chi connectivity index (χ1v) is 6.60. The Morgan fingerprint density at radius 3 is 2.74 bits per heavy atom. The normalized spacial score (nSPS) is 24.4. The highest BCUT2D eigenvalue weighted by atomic mass is 19.4. The minimum Gasteiger partial charge on any atom is -0.328 e. The molecule has 0 amide bonds. The minimum atomic E-state index is -4.27. The molecule has 0 spiro atoms. The average molecular weight is 272 g/mol. The molecule has 0 radical (unpaired) electrons. The molecule has 1 fully saturated rings. The lowest BCUT2D eigenvalue weighted by atomic mass is 9.91. The number of hydrogen-bond donors (Lipinski definition) is 2. The fourth-order valence-corrected chi connectivity index (χ4v) is 2.53. The number of benzene rings is 1. The van der Waals surface area contributed by atoms with Gasteiger partial charge in [0.1, 0.15) is 0 Å². The van der Waals surface area contributed by atoms with Crippen molar-refractivity contribution in [1.29, 1.82) is 0 Å². The molecule has 0 aliphatic heterocycles. The van der Waals surface area contributed by atoms with Crippen LogP contribution in [0.2, 0.25) is 0 Å². The van der Waals surface area contributed by atoms with Gasteiger partial charge in [0.25, 0.3) is 0 Å². The molecule has 19 heavy (non-hydrogen) atoms. The summed E-state index contributed by atoms with van der Waals surface area (Å²) < 4.78 is 37.7. The molecule has 0 aromatic heterocycles. The summed E-state index contributed by atoms with van der Waals surface area (Å²) in [6.07, 6.45) is -0.196. The van der Waals surface area contributed by atoms with Crippen molar-refractivity contribution in [1.82, 2.24) is 5.32 Å². The molecule has 2 rings (SSSR count).